The first kappa shape index (κ1) is 25.8. The predicted molar refractivity (Wildman–Crippen MR) is 127 cm³/mol. The van der Waals surface area contributed by atoms with Gasteiger partial charge in [-0.3, -0.25) is 14.7 Å². The van der Waals surface area contributed by atoms with Gasteiger partial charge < -0.3 is 15.4 Å². The Morgan fingerprint density at radius 1 is 1.00 bits per heavy atom. The van der Waals surface area contributed by atoms with Crippen LogP contribution in [0.5, 0.6) is 5.75 Å². The maximum Gasteiger partial charge on any atom is 0.573 e. The predicted octanol–water partition coefficient (Wildman–Crippen LogP) is 3.65. The summed E-state index contributed by atoms with van der Waals surface area (Å²) in [6.07, 6.45) is -1.16. The number of ether oxygens (including phenoxy) is 1. The minimum atomic E-state index is -5.07. The molecule has 0 spiro atoms. The van der Waals surface area contributed by atoms with E-state index in [2.05, 4.69) is 40.5 Å². The van der Waals surface area contributed by atoms with Crippen LogP contribution in [0, 0.1) is 5.82 Å². The van der Waals surface area contributed by atoms with E-state index < -0.39 is 29.7 Å². The normalized spacial score (nSPS) is 14.5. The Balaban J connectivity index is 1.22. The van der Waals surface area contributed by atoms with Crippen LogP contribution in [0.1, 0.15) is 50.1 Å². The summed E-state index contributed by atoms with van der Waals surface area (Å²) < 4.78 is 54.6. The molecule has 2 aromatic heterocycles. The number of rotatable bonds is 7. The number of aromatic amines is 1. The molecule has 4 aromatic rings. The number of amides is 2. The summed E-state index contributed by atoms with van der Waals surface area (Å²) >= 11 is 0. The number of H-pyrrole nitrogens is 1. The number of carbonyl (C=O) groups is 2. The molecular weight excluding hydrogens is 522 g/mol. The zero-order chi connectivity index (χ0) is 27.6. The van der Waals surface area contributed by atoms with Gasteiger partial charge in [-0.1, -0.05) is 18.2 Å². The molecule has 14 heteroatoms. The molecule has 0 radical (unpaired) electrons. The SMILES string of the molecule is O=C(NCc1ccc(F)c(OC(F)(F)F)c1)c1cc(C(=O)N[C@H]2CCc3cc(-c4ncn[nH]4)ccc32)ncn1. The first-order valence-corrected chi connectivity index (χ1v) is 11.6. The second-order valence-electron chi connectivity index (χ2n) is 8.60. The average Bonchev–Trinajstić information content (AvgIpc) is 3.58. The zero-order valence-electron chi connectivity index (χ0n) is 19.9. The van der Waals surface area contributed by atoms with Crippen molar-refractivity contribution >= 4 is 11.8 Å². The van der Waals surface area contributed by atoms with E-state index in [0.717, 1.165) is 41.6 Å². The highest BCUT2D eigenvalue weighted by Gasteiger charge is 2.32. The van der Waals surface area contributed by atoms with Gasteiger partial charge in [0, 0.05) is 18.2 Å². The van der Waals surface area contributed by atoms with E-state index in [1.807, 2.05) is 18.2 Å². The zero-order valence-corrected chi connectivity index (χ0v) is 19.9. The molecule has 1 aliphatic carbocycles. The monoisotopic (exact) mass is 541 g/mol. The number of aromatic nitrogens is 5. The molecule has 2 aromatic carbocycles. The Morgan fingerprint density at radius 3 is 2.54 bits per heavy atom. The molecular formula is C25H19F4N7O3. The summed E-state index contributed by atoms with van der Waals surface area (Å²) in [7, 11) is 0. The summed E-state index contributed by atoms with van der Waals surface area (Å²) in [4.78, 5) is 37.5. The topological polar surface area (TPSA) is 135 Å². The van der Waals surface area contributed by atoms with Crippen molar-refractivity contribution in [3.05, 3.63) is 89.0 Å². The number of benzene rings is 2. The lowest BCUT2D eigenvalue weighted by Crippen LogP contribution is -2.29. The maximum atomic E-state index is 13.6. The Bertz CT molecular complexity index is 1530. The Kier molecular flexibility index (Phi) is 6.92. The number of hydrogen-bond acceptors (Lipinski definition) is 7. The maximum absolute atomic E-state index is 13.6. The van der Waals surface area contributed by atoms with E-state index in [4.69, 9.17) is 0 Å². The number of nitrogens with one attached hydrogen (secondary N) is 3. The first-order chi connectivity index (χ1) is 18.7. The van der Waals surface area contributed by atoms with Gasteiger partial charge in [-0.2, -0.15) is 5.10 Å². The van der Waals surface area contributed by atoms with Crippen LogP contribution in [0.2, 0.25) is 0 Å². The summed E-state index contributed by atoms with van der Waals surface area (Å²) in [5.41, 5.74) is 2.90. The minimum Gasteiger partial charge on any atom is -0.403 e. The van der Waals surface area contributed by atoms with Crippen LogP contribution in [-0.4, -0.2) is 43.3 Å². The number of nitrogens with zero attached hydrogens (tertiary/aromatic N) is 4. The molecule has 5 rings (SSSR count). The van der Waals surface area contributed by atoms with Gasteiger partial charge in [0.2, 0.25) is 0 Å². The molecule has 0 fully saturated rings. The van der Waals surface area contributed by atoms with Crippen molar-refractivity contribution in [1.29, 1.82) is 0 Å². The highest BCUT2D eigenvalue weighted by molar-refractivity contribution is 5.97. The molecule has 0 saturated heterocycles. The summed E-state index contributed by atoms with van der Waals surface area (Å²) in [6, 6.07) is 9.58. The van der Waals surface area contributed by atoms with Crippen molar-refractivity contribution in [1.82, 2.24) is 35.8 Å². The first-order valence-electron chi connectivity index (χ1n) is 11.6. The third-order valence-corrected chi connectivity index (χ3v) is 6.02. The Labute approximate surface area is 217 Å². The summed E-state index contributed by atoms with van der Waals surface area (Å²) in [5, 5.41) is 12.1. The van der Waals surface area contributed by atoms with Crippen LogP contribution in [0.3, 0.4) is 0 Å². The second kappa shape index (κ2) is 10.5. The fourth-order valence-corrected chi connectivity index (χ4v) is 4.23. The fourth-order valence-electron chi connectivity index (χ4n) is 4.23. The standard InChI is InChI=1S/C25H19F4N7O3/c26-17-5-1-13(7-21(17)39-25(27,28)29)10-30-23(37)19-9-20(32-11-31-19)24(38)35-18-6-3-14-8-15(2-4-16(14)18)22-33-12-34-36-22/h1-2,4-5,7-9,11-12,18H,3,6,10H2,(H,30,37)(H,35,38)(H,33,34,36)/t18-/m0/s1. The molecule has 1 aliphatic rings. The van der Waals surface area contributed by atoms with Gasteiger partial charge in [-0.25, -0.2) is 19.3 Å². The van der Waals surface area contributed by atoms with Crippen LogP contribution < -0.4 is 15.4 Å². The minimum absolute atomic E-state index is 0.0375. The third kappa shape index (κ3) is 6.00. The van der Waals surface area contributed by atoms with Gasteiger partial charge in [-0.15, -0.1) is 13.2 Å². The van der Waals surface area contributed by atoms with Gasteiger partial charge in [0.05, 0.1) is 6.04 Å². The molecule has 0 saturated carbocycles. The van der Waals surface area contributed by atoms with Gasteiger partial charge in [0.15, 0.2) is 17.4 Å². The third-order valence-electron chi connectivity index (χ3n) is 6.02. The molecule has 39 heavy (non-hydrogen) atoms. The van der Waals surface area contributed by atoms with E-state index in [1.165, 1.54) is 18.5 Å². The van der Waals surface area contributed by atoms with E-state index >= 15 is 0 Å². The largest absolute Gasteiger partial charge is 0.573 e. The highest BCUT2D eigenvalue weighted by atomic mass is 19.4. The number of aryl methyl sites for hydroxylation is 1. The second-order valence-corrected chi connectivity index (χ2v) is 8.60. The van der Waals surface area contributed by atoms with E-state index in [9.17, 15) is 27.2 Å². The van der Waals surface area contributed by atoms with Crippen LogP contribution in [0.4, 0.5) is 17.6 Å². The van der Waals surface area contributed by atoms with Crippen molar-refractivity contribution in [3.63, 3.8) is 0 Å². The molecule has 0 bridgehead atoms. The van der Waals surface area contributed by atoms with Gasteiger partial charge in [0.25, 0.3) is 11.8 Å². The van der Waals surface area contributed by atoms with Crippen molar-refractivity contribution in [2.75, 3.05) is 0 Å². The molecule has 2 heterocycles. The number of fused-ring (bicyclic) bond motifs is 1. The van der Waals surface area contributed by atoms with Crippen molar-refractivity contribution in [2.24, 2.45) is 0 Å². The molecule has 1 atom stereocenters. The quantitative estimate of drug-likeness (QED) is 0.304. The van der Waals surface area contributed by atoms with E-state index in [1.54, 1.807) is 0 Å². The van der Waals surface area contributed by atoms with Crippen molar-refractivity contribution in [3.8, 4) is 17.1 Å². The number of hydrogen-bond donors (Lipinski definition) is 3. The summed E-state index contributed by atoms with van der Waals surface area (Å²) in [5.74, 6) is -2.78. The van der Waals surface area contributed by atoms with Gasteiger partial charge >= 0.3 is 6.36 Å². The number of carbonyl (C=O) groups excluding carboxylic acids is 2. The lowest BCUT2D eigenvalue weighted by Gasteiger charge is -2.14. The Hall–Kier alpha value is -4.88. The van der Waals surface area contributed by atoms with Crippen LogP contribution in [-0.2, 0) is 13.0 Å². The van der Waals surface area contributed by atoms with Crippen molar-refractivity contribution < 1.29 is 31.9 Å². The Morgan fingerprint density at radius 2 is 1.79 bits per heavy atom. The van der Waals surface area contributed by atoms with E-state index in [-0.39, 0.29) is 29.5 Å². The molecule has 200 valence electrons. The van der Waals surface area contributed by atoms with Crippen LogP contribution in [0.15, 0.2) is 55.1 Å². The smallest absolute Gasteiger partial charge is 0.403 e. The lowest BCUT2D eigenvalue weighted by atomic mass is 10.0. The van der Waals surface area contributed by atoms with Crippen LogP contribution >= 0.6 is 0 Å². The molecule has 3 N–H and O–H groups in total. The van der Waals surface area contributed by atoms with E-state index in [0.29, 0.717) is 12.2 Å². The van der Waals surface area contributed by atoms with Gasteiger partial charge in [0.1, 0.15) is 24.0 Å². The van der Waals surface area contributed by atoms with Crippen LogP contribution in [0.25, 0.3) is 11.4 Å². The van der Waals surface area contributed by atoms with Gasteiger partial charge in [-0.05, 0) is 47.7 Å². The highest BCUT2D eigenvalue weighted by Crippen LogP contribution is 2.33. The lowest BCUT2D eigenvalue weighted by molar-refractivity contribution is -0.275. The average molecular weight is 541 g/mol. The molecule has 0 aliphatic heterocycles. The van der Waals surface area contributed by atoms with Crippen molar-refractivity contribution in [2.45, 2.75) is 31.8 Å². The molecule has 0 unspecified atom stereocenters. The molecule has 2 amide bonds. The summed E-state index contributed by atoms with van der Waals surface area (Å²) in [6.45, 7) is -0.242. The number of halogens is 4. The number of alkyl halides is 3. The molecule has 10 nitrogen and oxygen atoms in total. The fraction of sp³-hybridized carbons (Fsp3) is 0.200.